The number of rotatable bonds is 4. The van der Waals surface area contributed by atoms with E-state index in [2.05, 4.69) is 105 Å². The summed E-state index contributed by atoms with van der Waals surface area (Å²) in [6.07, 6.45) is 6.98. The van der Waals surface area contributed by atoms with Gasteiger partial charge in [-0.25, -0.2) is 0 Å². The van der Waals surface area contributed by atoms with Crippen molar-refractivity contribution < 1.29 is 58.9 Å². The van der Waals surface area contributed by atoms with Gasteiger partial charge in [-0.05, 0) is 25.0 Å². The summed E-state index contributed by atoms with van der Waals surface area (Å²) in [7, 11) is 0. The molecule has 0 nitrogen and oxygen atoms in total. The minimum absolute atomic E-state index is 0. The van der Waals surface area contributed by atoms with Gasteiger partial charge < -0.3 is 37.2 Å². The monoisotopic (exact) mass is 488 g/mol. The predicted molar refractivity (Wildman–Crippen MR) is 110 cm³/mol. The molecular formula is C26H23Cl3Ti. The van der Waals surface area contributed by atoms with Crippen molar-refractivity contribution in [1.29, 1.82) is 0 Å². The molecule has 0 heterocycles. The van der Waals surface area contributed by atoms with Gasteiger partial charge in [-0.1, -0.05) is 84.3 Å². The summed E-state index contributed by atoms with van der Waals surface area (Å²) in [5.41, 5.74) is 9.10. The van der Waals surface area contributed by atoms with Crippen LogP contribution in [-0.4, -0.2) is 0 Å². The van der Waals surface area contributed by atoms with Gasteiger partial charge in [0.1, 0.15) is 0 Å². The molecule has 3 aromatic carbocycles. The molecule has 4 heteroatoms. The van der Waals surface area contributed by atoms with Crippen molar-refractivity contribution in [2.45, 2.75) is 26.2 Å². The van der Waals surface area contributed by atoms with E-state index >= 15 is 0 Å². The Balaban J connectivity index is 0.00000210. The Morgan fingerprint density at radius 2 is 1.23 bits per heavy atom. The van der Waals surface area contributed by atoms with Crippen molar-refractivity contribution in [3.63, 3.8) is 0 Å². The van der Waals surface area contributed by atoms with Gasteiger partial charge in [-0.3, -0.25) is 0 Å². The van der Waals surface area contributed by atoms with E-state index < -0.39 is 0 Å². The molecule has 30 heavy (non-hydrogen) atoms. The molecule has 0 saturated carbocycles. The average Bonchev–Trinajstić information content (AvgIpc) is 3.12. The quantitative estimate of drug-likeness (QED) is 0.285. The van der Waals surface area contributed by atoms with E-state index in [1.165, 1.54) is 39.0 Å². The SMILES string of the molecule is Cc1cccc(C(C2=[C-]C(c3ccccc3)=CC2)c2cccc(C)c2)c1.[Cl-].[Cl-].[Cl-].[Ti+4]. The zero-order valence-corrected chi connectivity index (χ0v) is 20.8. The van der Waals surface area contributed by atoms with Crippen molar-refractivity contribution in [2.75, 3.05) is 0 Å². The molecule has 4 rings (SSSR count). The van der Waals surface area contributed by atoms with Crippen LogP contribution in [0.4, 0.5) is 0 Å². The van der Waals surface area contributed by atoms with Crippen LogP contribution in [0, 0.1) is 19.9 Å². The molecule has 0 unspecified atom stereocenters. The Morgan fingerprint density at radius 1 is 0.700 bits per heavy atom. The van der Waals surface area contributed by atoms with Gasteiger partial charge in [0.15, 0.2) is 0 Å². The molecular weight excluding hydrogens is 467 g/mol. The molecule has 0 amide bonds. The zero-order chi connectivity index (χ0) is 17.9. The Labute approximate surface area is 214 Å². The normalized spacial score (nSPS) is 11.8. The van der Waals surface area contributed by atoms with Crippen LogP contribution in [0.25, 0.3) is 5.57 Å². The predicted octanol–water partition coefficient (Wildman–Crippen LogP) is -2.34. The van der Waals surface area contributed by atoms with Crippen molar-refractivity contribution in [2.24, 2.45) is 0 Å². The summed E-state index contributed by atoms with van der Waals surface area (Å²) in [6.45, 7) is 4.33. The molecule has 0 aromatic heterocycles. The first-order valence-corrected chi connectivity index (χ1v) is 9.22. The molecule has 0 bridgehead atoms. The van der Waals surface area contributed by atoms with Crippen LogP contribution in [0.1, 0.15) is 40.2 Å². The maximum Gasteiger partial charge on any atom is 4.00 e. The van der Waals surface area contributed by atoms with E-state index in [-0.39, 0.29) is 64.9 Å². The molecule has 152 valence electrons. The number of hydrogen-bond acceptors (Lipinski definition) is 0. The second-order valence-electron chi connectivity index (χ2n) is 7.10. The van der Waals surface area contributed by atoms with Crippen LogP contribution in [-0.2, 0) is 21.7 Å². The third kappa shape index (κ3) is 6.61. The zero-order valence-electron chi connectivity index (χ0n) is 17.0. The summed E-state index contributed by atoms with van der Waals surface area (Å²) < 4.78 is 0. The molecule has 0 saturated heterocycles. The van der Waals surface area contributed by atoms with Gasteiger partial charge in [0.2, 0.25) is 0 Å². The fourth-order valence-corrected chi connectivity index (χ4v) is 3.78. The Bertz CT molecular complexity index is 948. The summed E-state index contributed by atoms with van der Waals surface area (Å²) >= 11 is 0. The van der Waals surface area contributed by atoms with Crippen LogP contribution < -0.4 is 37.2 Å². The first kappa shape index (κ1) is 28.7. The third-order valence-electron chi connectivity index (χ3n) is 5.01. The number of allylic oxidation sites excluding steroid dienone is 4. The van der Waals surface area contributed by atoms with Gasteiger partial charge in [0.05, 0.1) is 0 Å². The van der Waals surface area contributed by atoms with E-state index in [4.69, 9.17) is 0 Å². The number of hydrogen-bond donors (Lipinski definition) is 0. The Hall–Kier alpha value is -1.28. The maximum absolute atomic E-state index is 3.72. The summed E-state index contributed by atoms with van der Waals surface area (Å²) in [5, 5.41) is 0. The number of halogens is 3. The van der Waals surface area contributed by atoms with E-state index in [1.807, 2.05) is 0 Å². The van der Waals surface area contributed by atoms with Crippen LogP contribution in [0.15, 0.2) is 90.5 Å². The topological polar surface area (TPSA) is 0 Å². The van der Waals surface area contributed by atoms with Gasteiger partial charge in [0, 0.05) is 5.92 Å². The second kappa shape index (κ2) is 13.2. The van der Waals surface area contributed by atoms with Crippen LogP contribution in [0.2, 0.25) is 0 Å². The van der Waals surface area contributed by atoms with Gasteiger partial charge in [0.25, 0.3) is 0 Å². The van der Waals surface area contributed by atoms with Gasteiger partial charge in [-0.15, -0.1) is 23.3 Å². The molecule has 0 N–H and O–H groups in total. The molecule has 1 aliphatic rings. The molecule has 3 aromatic rings. The van der Waals surface area contributed by atoms with Gasteiger partial charge in [-0.2, -0.15) is 17.7 Å². The summed E-state index contributed by atoms with van der Waals surface area (Å²) in [4.78, 5) is 0. The standard InChI is InChI=1S/C26H23.3ClH.Ti/c1-19-8-6-12-23(16-19)26(24-13-7-9-20(2)17-24)25-15-14-22(18-25)21-10-4-3-5-11-21;;;;/h3-14,16-17,26H,15H2,1-2H3;3*1H;/q-1;;;;+4/p-3. The molecule has 0 radical (unpaired) electrons. The molecule has 0 aliphatic heterocycles. The smallest absolute Gasteiger partial charge is 1.00 e. The third-order valence-corrected chi connectivity index (χ3v) is 5.01. The minimum atomic E-state index is 0. The van der Waals surface area contributed by atoms with Crippen LogP contribution in [0.3, 0.4) is 0 Å². The molecule has 0 spiro atoms. The van der Waals surface area contributed by atoms with Gasteiger partial charge >= 0.3 is 21.7 Å². The minimum Gasteiger partial charge on any atom is -1.00 e. The van der Waals surface area contributed by atoms with E-state index in [1.54, 1.807) is 0 Å². The molecule has 0 atom stereocenters. The molecule has 0 fully saturated rings. The molecule has 1 aliphatic carbocycles. The van der Waals surface area contributed by atoms with Crippen molar-refractivity contribution in [1.82, 2.24) is 0 Å². The fourth-order valence-electron chi connectivity index (χ4n) is 3.78. The summed E-state index contributed by atoms with van der Waals surface area (Å²) in [6, 6.07) is 28.3. The maximum atomic E-state index is 3.72. The Kier molecular flexibility index (Phi) is 12.6. The average molecular weight is 490 g/mol. The van der Waals surface area contributed by atoms with Crippen molar-refractivity contribution >= 4 is 5.57 Å². The van der Waals surface area contributed by atoms with Crippen molar-refractivity contribution in [3.05, 3.63) is 124 Å². The first-order chi connectivity index (χ1) is 12.7. The number of aryl methyl sites for hydroxylation is 2. The largest absolute Gasteiger partial charge is 4.00 e. The summed E-state index contributed by atoms with van der Waals surface area (Å²) in [5.74, 6) is 0.257. The second-order valence-corrected chi connectivity index (χ2v) is 7.10. The fraction of sp³-hybridized carbons (Fsp3) is 0.154. The van der Waals surface area contributed by atoms with Crippen LogP contribution in [0.5, 0.6) is 0 Å². The van der Waals surface area contributed by atoms with E-state index in [9.17, 15) is 0 Å². The number of benzene rings is 3. The first-order valence-electron chi connectivity index (χ1n) is 9.22. The van der Waals surface area contributed by atoms with Crippen LogP contribution >= 0.6 is 0 Å². The van der Waals surface area contributed by atoms with E-state index in [0.29, 0.717) is 0 Å². The Morgan fingerprint density at radius 3 is 1.73 bits per heavy atom. The van der Waals surface area contributed by atoms with E-state index in [0.717, 1.165) is 6.42 Å². The van der Waals surface area contributed by atoms with Crippen molar-refractivity contribution in [3.8, 4) is 0 Å².